The molecule has 2 aliphatic rings. The summed E-state index contributed by atoms with van der Waals surface area (Å²) < 4.78 is 0.0248. The quantitative estimate of drug-likeness (QED) is 0.684. The highest BCUT2D eigenvalue weighted by Crippen LogP contribution is 2.69. The Hall–Kier alpha value is -0.960. The van der Waals surface area contributed by atoms with E-state index in [9.17, 15) is 0 Å². The van der Waals surface area contributed by atoms with Gasteiger partial charge in [-0.25, -0.2) is 9.97 Å². The van der Waals surface area contributed by atoms with Crippen LogP contribution in [0.1, 0.15) is 44.0 Å². The summed E-state index contributed by atoms with van der Waals surface area (Å²) in [7, 11) is 0. The maximum atomic E-state index is 4.90. The first-order valence-electron chi connectivity index (χ1n) is 6.50. The monoisotopic (exact) mass is 302 g/mol. The molecule has 0 saturated heterocycles. The predicted molar refractivity (Wildman–Crippen MR) is 75.9 cm³/mol. The zero-order chi connectivity index (χ0) is 12.5. The number of aromatic nitrogens is 2. The number of para-hydroxylation sites is 2. The third-order valence-corrected chi connectivity index (χ3v) is 6.77. The van der Waals surface area contributed by atoms with Gasteiger partial charge >= 0.3 is 0 Å². The third kappa shape index (κ3) is 1.05. The molecule has 1 fully saturated rings. The van der Waals surface area contributed by atoms with Crippen LogP contribution in [0.15, 0.2) is 24.3 Å². The first kappa shape index (κ1) is 10.9. The van der Waals surface area contributed by atoms with Crippen LogP contribution in [0.3, 0.4) is 0 Å². The molecular weight excluding hydrogens is 288 g/mol. The number of hydrogen-bond donors (Lipinski definition) is 0. The highest BCUT2D eigenvalue weighted by molar-refractivity contribution is 9.09. The number of nitrogens with zero attached hydrogens (tertiary/aromatic N) is 2. The van der Waals surface area contributed by atoms with Crippen LogP contribution in [0, 0.1) is 5.41 Å². The molecule has 0 aliphatic heterocycles. The molecule has 1 heterocycles. The second-order valence-corrected chi connectivity index (χ2v) is 7.41. The van der Waals surface area contributed by atoms with Crippen LogP contribution in [-0.4, -0.2) is 9.97 Å². The number of benzene rings is 1. The maximum Gasteiger partial charge on any atom is 0.0891 e. The van der Waals surface area contributed by atoms with Gasteiger partial charge in [-0.1, -0.05) is 41.9 Å². The van der Waals surface area contributed by atoms with Crippen LogP contribution < -0.4 is 0 Å². The first-order chi connectivity index (χ1) is 8.54. The molecule has 0 radical (unpaired) electrons. The predicted octanol–water partition coefficient (Wildman–Crippen LogP) is 4.14. The molecule has 2 bridgehead atoms. The van der Waals surface area contributed by atoms with Gasteiger partial charge in [0, 0.05) is 5.92 Å². The van der Waals surface area contributed by atoms with Gasteiger partial charge in [0.2, 0.25) is 0 Å². The van der Waals surface area contributed by atoms with Crippen molar-refractivity contribution in [2.45, 2.75) is 36.9 Å². The van der Waals surface area contributed by atoms with Crippen molar-refractivity contribution in [3.8, 4) is 0 Å². The van der Waals surface area contributed by atoms with Gasteiger partial charge in [0.1, 0.15) is 0 Å². The van der Waals surface area contributed by atoms with Gasteiger partial charge in [0.25, 0.3) is 0 Å². The summed E-state index contributed by atoms with van der Waals surface area (Å²) in [4.78, 5) is 9.78. The van der Waals surface area contributed by atoms with Crippen LogP contribution >= 0.6 is 15.9 Å². The lowest BCUT2D eigenvalue weighted by molar-refractivity contribution is 0.301. The number of rotatable bonds is 0. The average molecular weight is 303 g/mol. The van der Waals surface area contributed by atoms with Crippen LogP contribution in [-0.2, 0) is 4.32 Å². The van der Waals surface area contributed by atoms with Crippen LogP contribution in [0.5, 0.6) is 0 Å². The fourth-order valence-corrected chi connectivity index (χ4v) is 4.55. The van der Waals surface area contributed by atoms with Crippen molar-refractivity contribution in [2.75, 3.05) is 0 Å². The molecule has 0 N–H and O–H groups in total. The zero-order valence-electron chi connectivity index (χ0n) is 10.6. The normalized spacial score (nSPS) is 31.8. The van der Waals surface area contributed by atoms with Gasteiger partial charge in [0.15, 0.2) is 0 Å². The molecule has 1 aromatic carbocycles. The lowest BCUT2D eigenvalue weighted by atomic mass is 9.81. The Bertz CT molecular complexity index is 665. The Morgan fingerprint density at radius 1 is 1.17 bits per heavy atom. The highest BCUT2D eigenvalue weighted by atomic mass is 79.9. The summed E-state index contributed by atoms with van der Waals surface area (Å²) >= 11 is 3.99. The van der Waals surface area contributed by atoms with Crippen LogP contribution in [0.25, 0.3) is 11.0 Å². The van der Waals surface area contributed by atoms with E-state index in [1.165, 1.54) is 24.2 Å². The fraction of sp³-hybridized carbons (Fsp3) is 0.467. The maximum absolute atomic E-state index is 4.90. The summed E-state index contributed by atoms with van der Waals surface area (Å²) in [6.07, 6.45) is 2.39. The molecule has 2 nitrogen and oxygen atoms in total. The SMILES string of the molecule is CC1(C)[C@@H]2CC[C@@]1(Br)c1nc3ccccc3nc12. The number of alkyl halides is 1. The number of fused-ring (bicyclic) bond motifs is 6. The van der Waals surface area contributed by atoms with E-state index in [1.807, 2.05) is 12.1 Å². The zero-order valence-corrected chi connectivity index (χ0v) is 12.2. The topological polar surface area (TPSA) is 25.8 Å². The smallest absolute Gasteiger partial charge is 0.0891 e. The van der Waals surface area contributed by atoms with Gasteiger partial charge < -0.3 is 0 Å². The minimum absolute atomic E-state index is 0.0248. The van der Waals surface area contributed by atoms with Crippen molar-refractivity contribution < 1.29 is 0 Å². The highest BCUT2D eigenvalue weighted by Gasteiger charge is 2.62. The summed E-state index contributed by atoms with van der Waals surface area (Å²) in [5.41, 5.74) is 4.66. The Morgan fingerprint density at radius 3 is 2.56 bits per heavy atom. The fourth-order valence-electron chi connectivity index (χ4n) is 3.75. The van der Waals surface area contributed by atoms with E-state index < -0.39 is 0 Å². The molecule has 0 spiro atoms. The molecule has 92 valence electrons. The number of halogens is 1. The minimum atomic E-state index is 0.0248. The largest absolute Gasteiger partial charge is 0.249 e. The van der Waals surface area contributed by atoms with Crippen molar-refractivity contribution in [1.29, 1.82) is 0 Å². The molecule has 0 unspecified atom stereocenters. The lowest BCUT2D eigenvalue weighted by Gasteiger charge is -2.31. The minimum Gasteiger partial charge on any atom is -0.249 e. The molecular formula is C15H15BrN2. The second-order valence-electron chi connectivity index (χ2n) is 6.06. The molecule has 2 aliphatic carbocycles. The van der Waals surface area contributed by atoms with Crippen LogP contribution in [0.2, 0.25) is 0 Å². The van der Waals surface area contributed by atoms with Crippen molar-refractivity contribution >= 4 is 27.0 Å². The third-order valence-electron chi connectivity index (χ3n) is 4.97. The molecule has 2 atom stereocenters. The van der Waals surface area contributed by atoms with Gasteiger partial charge in [0.05, 0.1) is 26.7 Å². The van der Waals surface area contributed by atoms with Crippen molar-refractivity contribution in [2.24, 2.45) is 5.41 Å². The standard InChI is InChI=1S/C15H15BrN2/c1-14(2)9-7-8-15(14,16)13-12(9)17-10-5-3-4-6-11(10)18-13/h3-6,9H,7-8H2,1-2H3/t9-,15-/m1/s1. The molecule has 1 aromatic heterocycles. The Kier molecular flexibility index (Phi) is 1.90. The summed E-state index contributed by atoms with van der Waals surface area (Å²) in [6, 6.07) is 8.18. The van der Waals surface area contributed by atoms with Crippen molar-refractivity contribution in [1.82, 2.24) is 9.97 Å². The van der Waals surface area contributed by atoms with E-state index >= 15 is 0 Å². The summed E-state index contributed by atoms with van der Waals surface area (Å²) in [5, 5.41) is 0. The summed E-state index contributed by atoms with van der Waals surface area (Å²) in [5.74, 6) is 0.545. The van der Waals surface area contributed by atoms with Gasteiger partial charge in [-0.3, -0.25) is 0 Å². The molecule has 3 heteroatoms. The number of hydrogen-bond acceptors (Lipinski definition) is 2. The Labute approximate surface area is 115 Å². The van der Waals surface area contributed by atoms with E-state index in [-0.39, 0.29) is 9.74 Å². The lowest BCUT2D eigenvalue weighted by Crippen LogP contribution is -2.28. The molecule has 4 rings (SSSR count). The Morgan fingerprint density at radius 2 is 1.83 bits per heavy atom. The van der Waals surface area contributed by atoms with Gasteiger partial charge in [-0.2, -0.15) is 0 Å². The average Bonchev–Trinajstić information content (AvgIpc) is 2.68. The van der Waals surface area contributed by atoms with E-state index in [2.05, 4.69) is 41.9 Å². The van der Waals surface area contributed by atoms with E-state index in [4.69, 9.17) is 9.97 Å². The van der Waals surface area contributed by atoms with Crippen LogP contribution in [0.4, 0.5) is 0 Å². The molecule has 0 amide bonds. The van der Waals surface area contributed by atoms with Gasteiger partial charge in [-0.15, -0.1) is 0 Å². The summed E-state index contributed by atoms with van der Waals surface area (Å²) in [6.45, 7) is 4.68. The molecule has 18 heavy (non-hydrogen) atoms. The molecule has 2 aromatic rings. The van der Waals surface area contributed by atoms with Gasteiger partial charge in [-0.05, 0) is 30.4 Å². The Balaban J connectivity index is 2.08. The second kappa shape index (κ2) is 3.13. The molecule has 1 saturated carbocycles. The van der Waals surface area contributed by atoms with E-state index in [0.717, 1.165) is 11.0 Å². The first-order valence-corrected chi connectivity index (χ1v) is 7.29. The van der Waals surface area contributed by atoms with E-state index in [0.29, 0.717) is 5.92 Å². The van der Waals surface area contributed by atoms with Crippen molar-refractivity contribution in [3.05, 3.63) is 35.7 Å². The van der Waals surface area contributed by atoms with E-state index in [1.54, 1.807) is 0 Å². The van der Waals surface area contributed by atoms with Crippen molar-refractivity contribution in [3.63, 3.8) is 0 Å².